The first-order chi connectivity index (χ1) is 13.5. The van der Waals surface area contributed by atoms with Gasteiger partial charge in [0.2, 0.25) is 5.91 Å². The summed E-state index contributed by atoms with van der Waals surface area (Å²) in [6, 6.07) is 16.0. The Bertz CT molecular complexity index is 764. The Kier molecular flexibility index (Phi) is 8.34. The molecule has 0 aliphatic heterocycles. The van der Waals surface area contributed by atoms with Crippen molar-refractivity contribution in [2.45, 2.75) is 32.9 Å². The highest BCUT2D eigenvalue weighted by molar-refractivity contribution is 5.87. The average Bonchev–Trinajstić information content (AvgIpc) is 2.74. The maximum Gasteiger partial charge on any atom is 0.261 e. The fourth-order valence-electron chi connectivity index (χ4n) is 2.69. The molecule has 0 unspecified atom stereocenters. The first-order valence-corrected chi connectivity index (χ1v) is 9.43. The molecule has 1 N–H and O–H groups in total. The molecule has 0 radical (unpaired) electrons. The number of nitrogens with one attached hydrogen (secondary N) is 1. The van der Waals surface area contributed by atoms with Crippen molar-refractivity contribution < 1.29 is 19.1 Å². The van der Waals surface area contributed by atoms with Crippen molar-refractivity contribution in [3.8, 4) is 11.5 Å². The zero-order valence-corrected chi connectivity index (χ0v) is 16.7. The lowest BCUT2D eigenvalue weighted by Crippen LogP contribution is -2.49. The van der Waals surface area contributed by atoms with Gasteiger partial charge in [0.15, 0.2) is 6.61 Å². The van der Waals surface area contributed by atoms with Crippen LogP contribution in [0.4, 0.5) is 0 Å². The fraction of sp³-hybridized carbons (Fsp3) is 0.364. The molecule has 2 aromatic carbocycles. The van der Waals surface area contributed by atoms with Crippen LogP contribution in [0, 0.1) is 0 Å². The maximum absolute atomic E-state index is 12.9. The Morgan fingerprint density at radius 2 is 1.79 bits per heavy atom. The molecule has 2 amide bonds. The summed E-state index contributed by atoms with van der Waals surface area (Å²) in [5, 5.41) is 2.85. The third-order valence-corrected chi connectivity index (χ3v) is 4.31. The van der Waals surface area contributed by atoms with Crippen molar-refractivity contribution in [1.82, 2.24) is 10.2 Å². The summed E-state index contributed by atoms with van der Waals surface area (Å²) in [6.07, 6.45) is 0.833. The summed E-state index contributed by atoms with van der Waals surface area (Å²) in [7, 11) is 1.59. The summed E-state index contributed by atoms with van der Waals surface area (Å²) in [5.74, 6) is 0.873. The first-order valence-electron chi connectivity index (χ1n) is 9.43. The second-order valence-electron chi connectivity index (χ2n) is 6.44. The van der Waals surface area contributed by atoms with Crippen molar-refractivity contribution in [1.29, 1.82) is 0 Å². The van der Waals surface area contributed by atoms with Crippen LogP contribution < -0.4 is 14.8 Å². The van der Waals surface area contributed by atoms with Crippen LogP contribution in [0.15, 0.2) is 54.6 Å². The number of amides is 2. The molecule has 0 aliphatic carbocycles. The van der Waals surface area contributed by atoms with Crippen molar-refractivity contribution in [3.63, 3.8) is 0 Å². The number of rotatable bonds is 10. The molecule has 150 valence electrons. The highest BCUT2D eigenvalue weighted by Crippen LogP contribution is 2.17. The number of carbonyl (C=O) groups is 2. The van der Waals surface area contributed by atoms with E-state index in [1.807, 2.05) is 49.4 Å². The normalized spacial score (nSPS) is 11.4. The zero-order valence-electron chi connectivity index (χ0n) is 16.7. The van der Waals surface area contributed by atoms with Gasteiger partial charge in [-0.1, -0.05) is 37.3 Å². The molecule has 2 aromatic rings. The van der Waals surface area contributed by atoms with E-state index in [1.165, 1.54) is 4.90 Å². The van der Waals surface area contributed by atoms with Crippen LogP contribution in [0.25, 0.3) is 0 Å². The van der Waals surface area contributed by atoms with E-state index in [0.717, 1.165) is 12.0 Å². The van der Waals surface area contributed by atoms with Crippen LogP contribution in [0.5, 0.6) is 11.5 Å². The summed E-state index contributed by atoms with van der Waals surface area (Å²) in [4.78, 5) is 26.9. The molecule has 6 nitrogen and oxygen atoms in total. The van der Waals surface area contributed by atoms with E-state index in [4.69, 9.17) is 9.47 Å². The van der Waals surface area contributed by atoms with Gasteiger partial charge in [-0.15, -0.1) is 0 Å². The number of nitrogens with zero attached hydrogens (tertiary/aromatic N) is 1. The van der Waals surface area contributed by atoms with Gasteiger partial charge in [-0.3, -0.25) is 9.59 Å². The minimum absolute atomic E-state index is 0.140. The summed E-state index contributed by atoms with van der Waals surface area (Å²) >= 11 is 0. The monoisotopic (exact) mass is 384 g/mol. The van der Waals surface area contributed by atoms with E-state index in [2.05, 4.69) is 5.32 Å². The molecule has 0 heterocycles. The average molecular weight is 384 g/mol. The SMILES string of the molecule is CCCNC(=O)[C@H](C)N(Cc1cccc(OC)c1)C(=O)COc1ccccc1. The van der Waals surface area contributed by atoms with Crippen LogP contribution in [-0.4, -0.2) is 43.0 Å². The second-order valence-corrected chi connectivity index (χ2v) is 6.44. The predicted octanol–water partition coefficient (Wildman–Crippen LogP) is 3.02. The molecule has 6 heteroatoms. The van der Waals surface area contributed by atoms with E-state index in [-0.39, 0.29) is 25.0 Å². The number of carbonyl (C=O) groups excluding carboxylic acids is 2. The number of benzene rings is 2. The Hall–Kier alpha value is -3.02. The van der Waals surface area contributed by atoms with Crippen molar-refractivity contribution in [2.75, 3.05) is 20.3 Å². The van der Waals surface area contributed by atoms with Crippen LogP contribution in [-0.2, 0) is 16.1 Å². The predicted molar refractivity (Wildman–Crippen MR) is 108 cm³/mol. The fourth-order valence-corrected chi connectivity index (χ4v) is 2.69. The highest BCUT2D eigenvalue weighted by Gasteiger charge is 2.26. The van der Waals surface area contributed by atoms with Crippen molar-refractivity contribution >= 4 is 11.8 Å². The molecule has 1 atom stereocenters. The summed E-state index contributed by atoms with van der Waals surface area (Å²) in [6.45, 7) is 4.43. The Morgan fingerprint density at radius 3 is 2.46 bits per heavy atom. The van der Waals surface area contributed by atoms with Crippen LogP contribution in [0.1, 0.15) is 25.8 Å². The standard InChI is InChI=1S/C22H28N2O4/c1-4-13-23-22(26)17(2)24(15-18-9-8-12-20(14-18)27-3)21(25)16-28-19-10-6-5-7-11-19/h5-12,14,17H,4,13,15-16H2,1-3H3,(H,23,26)/t17-/m0/s1. The number of hydrogen-bond donors (Lipinski definition) is 1. The van der Waals surface area contributed by atoms with Crippen LogP contribution in [0.2, 0.25) is 0 Å². The largest absolute Gasteiger partial charge is 0.497 e. The highest BCUT2D eigenvalue weighted by atomic mass is 16.5. The van der Waals surface area contributed by atoms with Gasteiger partial charge in [0, 0.05) is 13.1 Å². The molecule has 0 fully saturated rings. The molecule has 0 saturated heterocycles. The van der Waals surface area contributed by atoms with Crippen LogP contribution >= 0.6 is 0 Å². The Balaban J connectivity index is 2.13. The minimum atomic E-state index is -0.621. The van der Waals surface area contributed by atoms with Crippen molar-refractivity contribution in [2.24, 2.45) is 0 Å². The molecule has 0 bridgehead atoms. The van der Waals surface area contributed by atoms with E-state index in [9.17, 15) is 9.59 Å². The van der Waals surface area contributed by atoms with Gasteiger partial charge in [0.1, 0.15) is 17.5 Å². The van der Waals surface area contributed by atoms with Gasteiger partial charge in [0.25, 0.3) is 5.91 Å². The molecule has 0 aliphatic rings. The topological polar surface area (TPSA) is 67.9 Å². The summed E-state index contributed by atoms with van der Waals surface area (Å²) in [5.41, 5.74) is 0.877. The number of methoxy groups -OCH3 is 1. The van der Waals surface area contributed by atoms with Crippen LogP contribution in [0.3, 0.4) is 0 Å². The van der Waals surface area contributed by atoms with Gasteiger partial charge in [-0.05, 0) is 43.2 Å². The zero-order chi connectivity index (χ0) is 20.4. The van der Waals surface area contributed by atoms with E-state index in [1.54, 1.807) is 26.2 Å². The summed E-state index contributed by atoms with van der Waals surface area (Å²) < 4.78 is 10.9. The quantitative estimate of drug-likeness (QED) is 0.684. The maximum atomic E-state index is 12.9. The van der Waals surface area contributed by atoms with Gasteiger partial charge >= 0.3 is 0 Å². The van der Waals surface area contributed by atoms with E-state index in [0.29, 0.717) is 18.0 Å². The van der Waals surface area contributed by atoms with E-state index >= 15 is 0 Å². The number of hydrogen-bond acceptors (Lipinski definition) is 4. The lowest BCUT2D eigenvalue weighted by Gasteiger charge is -2.28. The second kappa shape index (κ2) is 11.0. The molecule has 28 heavy (non-hydrogen) atoms. The number of para-hydroxylation sites is 1. The molecular weight excluding hydrogens is 356 g/mol. The lowest BCUT2D eigenvalue weighted by atomic mass is 10.1. The van der Waals surface area contributed by atoms with Gasteiger partial charge in [-0.25, -0.2) is 0 Å². The molecule has 0 saturated carbocycles. The van der Waals surface area contributed by atoms with Crippen molar-refractivity contribution in [3.05, 3.63) is 60.2 Å². The van der Waals surface area contributed by atoms with Gasteiger partial charge < -0.3 is 19.7 Å². The smallest absolute Gasteiger partial charge is 0.261 e. The molecule has 2 rings (SSSR count). The molecular formula is C22H28N2O4. The van der Waals surface area contributed by atoms with Gasteiger partial charge in [-0.2, -0.15) is 0 Å². The van der Waals surface area contributed by atoms with Gasteiger partial charge in [0.05, 0.1) is 7.11 Å². The Morgan fingerprint density at radius 1 is 1.07 bits per heavy atom. The first kappa shape index (κ1) is 21.3. The third kappa shape index (κ3) is 6.30. The molecule has 0 spiro atoms. The lowest BCUT2D eigenvalue weighted by molar-refractivity contribution is -0.142. The third-order valence-electron chi connectivity index (χ3n) is 4.31. The molecule has 0 aromatic heterocycles. The minimum Gasteiger partial charge on any atom is -0.497 e. The van der Waals surface area contributed by atoms with E-state index < -0.39 is 6.04 Å². The Labute approximate surface area is 166 Å². The number of ether oxygens (including phenoxy) is 2.